The molecular weight excluding hydrogens is 334 g/mol. The average Bonchev–Trinajstić information content (AvgIpc) is 2.92. The van der Waals surface area contributed by atoms with Gasteiger partial charge in [0, 0.05) is 19.6 Å². The van der Waals surface area contributed by atoms with Crippen LogP contribution in [0.2, 0.25) is 0 Å². The summed E-state index contributed by atoms with van der Waals surface area (Å²) in [6, 6.07) is 1.90. The highest BCUT2D eigenvalue weighted by Crippen LogP contribution is 2.27. The quantitative estimate of drug-likeness (QED) is 0.458. The fraction of sp³-hybridized carbons (Fsp3) is 0.600. The molecule has 0 saturated carbocycles. The van der Waals surface area contributed by atoms with Crippen molar-refractivity contribution in [2.45, 2.75) is 13.3 Å². The van der Waals surface area contributed by atoms with Crippen molar-refractivity contribution in [3.63, 3.8) is 0 Å². The molecule has 1 aliphatic heterocycles. The molecule has 1 aromatic heterocycles. The lowest BCUT2D eigenvalue weighted by Crippen LogP contribution is -2.38. The van der Waals surface area contributed by atoms with Crippen molar-refractivity contribution in [2.75, 3.05) is 51.8 Å². The van der Waals surface area contributed by atoms with Crippen molar-refractivity contribution in [2.24, 2.45) is 0 Å². The Morgan fingerprint density at radius 3 is 2.91 bits per heavy atom. The van der Waals surface area contributed by atoms with E-state index >= 15 is 0 Å². The molecule has 1 aromatic rings. The standard InChI is InChI=1S/C15H23N3O3S2/c1-11-10-12(23-13(11)14(19)20-2)17-15(22)16-4-3-5-18-6-8-21-9-7-18/h10H,3-9H2,1-2H3,(H2,16,17,22). The van der Waals surface area contributed by atoms with Gasteiger partial charge in [0.25, 0.3) is 0 Å². The van der Waals surface area contributed by atoms with Gasteiger partial charge in [-0.05, 0) is 43.7 Å². The number of thiophene rings is 1. The van der Waals surface area contributed by atoms with Crippen LogP contribution in [0.15, 0.2) is 6.07 Å². The summed E-state index contributed by atoms with van der Waals surface area (Å²) < 4.78 is 10.1. The van der Waals surface area contributed by atoms with Crippen LogP contribution < -0.4 is 10.6 Å². The predicted molar refractivity (Wildman–Crippen MR) is 96.5 cm³/mol. The topological polar surface area (TPSA) is 62.8 Å². The second kappa shape index (κ2) is 9.17. The fourth-order valence-electron chi connectivity index (χ4n) is 2.32. The summed E-state index contributed by atoms with van der Waals surface area (Å²) in [6.07, 6.45) is 1.03. The molecule has 0 aromatic carbocycles. The summed E-state index contributed by atoms with van der Waals surface area (Å²) in [5.74, 6) is -0.315. The number of ether oxygens (including phenoxy) is 2. The highest BCUT2D eigenvalue weighted by atomic mass is 32.1. The summed E-state index contributed by atoms with van der Waals surface area (Å²) >= 11 is 6.63. The van der Waals surface area contributed by atoms with E-state index in [1.165, 1.54) is 18.4 Å². The van der Waals surface area contributed by atoms with Crippen LogP contribution in [0.4, 0.5) is 5.00 Å². The molecule has 6 nitrogen and oxygen atoms in total. The lowest BCUT2D eigenvalue weighted by Gasteiger charge is -2.26. The van der Waals surface area contributed by atoms with E-state index in [9.17, 15) is 4.79 Å². The molecule has 0 bridgehead atoms. The Morgan fingerprint density at radius 2 is 2.22 bits per heavy atom. The van der Waals surface area contributed by atoms with Crippen LogP contribution in [0, 0.1) is 6.92 Å². The van der Waals surface area contributed by atoms with E-state index in [0.29, 0.717) is 9.99 Å². The van der Waals surface area contributed by atoms with Crippen LogP contribution in [-0.2, 0) is 9.47 Å². The molecule has 0 spiro atoms. The molecule has 2 rings (SSSR count). The molecule has 2 N–H and O–H groups in total. The molecule has 0 amide bonds. The Bertz CT molecular complexity index is 542. The zero-order valence-corrected chi connectivity index (χ0v) is 15.1. The number of hydrogen-bond acceptors (Lipinski definition) is 6. The molecule has 1 fully saturated rings. The molecule has 1 aliphatic rings. The third kappa shape index (κ3) is 5.72. The normalized spacial score (nSPS) is 15.2. The first-order valence-electron chi connectivity index (χ1n) is 7.64. The zero-order chi connectivity index (χ0) is 16.7. The SMILES string of the molecule is COC(=O)c1sc(NC(=S)NCCCN2CCOCC2)cc1C. The summed E-state index contributed by atoms with van der Waals surface area (Å²) in [5.41, 5.74) is 0.888. The van der Waals surface area contributed by atoms with Gasteiger partial charge in [0.2, 0.25) is 0 Å². The fourth-order valence-corrected chi connectivity index (χ4v) is 3.60. The number of esters is 1. The first-order valence-corrected chi connectivity index (χ1v) is 8.86. The highest BCUT2D eigenvalue weighted by Gasteiger charge is 2.14. The summed E-state index contributed by atoms with van der Waals surface area (Å²) in [5, 5.41) is 7.73. The van der Waals surface area contributed by atoms with Crippen LogP contribution in [0.25, 0.3) is 0 Å². The first-order chi connectivity index (χ1) is 11.1. The number of nitrogens with zero attached hydrogens (tertiary/aromatic N) is 1. The van der Waals surface area contributed by atoms with Gasteiger partial charge in [0.15, 0.2) is 5.11 Å². The van der Waals surface area contributed by atoms with E-state index < -0.39 is 0 Å². The van der Waals surface area contributed by atoms with Crippen LogP contribution in [-0.4, -0.2) is 62.5 Å². The van der Waals surface area contributed by atoms with Crippen LogP contribution in [0.5, 0.6) is 0 Å². The Balaban J connectivity index is 1.69. The highest BCUT2D eigenvalue weighted by molar-refractivity contribution is 7.80. The number of nitrogens with one attached hydrogen (secondary N) is 2. The van der Waals surface area contributed by atoms with E-state index in [1.54, 1.807) is 0 Å². The Morgan fingerprint density at radius 1 is 1.48 bits per heavy atom. The van der Waals surface area contributed by atoms with Gasteiger partial charge in [-0.3, -0.25) is 4.90 Å². The maximum absolute atomic E-state index is 11.6. The molecule has 23 heavy (non-hydrogen) atoms. The maximum Gasteiger partial charge on any atom is 0.348 e. The van der Waals surface area contributed by atoms with Crippen molar-refractivity contribution < 1.29 is 14.3 Å². The van der Waals surface area contributed by atoms with Crippen molar-refractivity contribution >= 4 is 39.6 Å². The number of rotatable bonds is 6. The number of carbonyl (C=O) groups is 1. The number of hydrogen-bond donors (Lipinski definition) is 2. The predicted octanol–water partition coefficient (Wildman–Crippen LogP) is 1.85. The summed E-state index contributed by atoms with van der Waals surface area (Å²) in [7, 11) is 1.38. The first kappa shape index (κ1) is 18.1. The molecule has 0 aliphatic carbocycles. The molecule has 2 heterocycles. The van der Waals surface area contributed by atoms with E-state index in [0.717, 1.165) is 56.4 Å². The van der Waals surface area contributed by atoms with Crippen LogP contribution in [0.3, 0.4) is 0 Å². The lowest BCUT2D eigenvalue weighted by atomic mass is 10.3. The third-order valence-electron chi connectivity index (χ3n) is 3.57. The van der Waals surface area contributed by atoms with Crippen LogP contribution in [0.1, 0.15) is 21.7 Å². The summed E-state index contributed by atoms with van der Waals surface area (Å²) in [6.45, 7) is 7.41. The molecule has 0 unspecified atom stereocenters. The minimum absolute atomic E-state index is 0.315. The van der Waals surface area contributed by atoms with E-state index in [4.69, 9.17) is 21.7 Å². The van der Waals surface area contributed by atoms with Gasteiger partial charge in [-0.2, -0.15) is 0 Å². The number of carbonyl (C=O) groups excluding carboxylic acids is 1. The second-order valence-electron chi connectivity index (χ2n) is 5.30. The number of morpholine rings is 1. The lowest BCUT2D eigenvalue weighted by molar-refractivity contribution is 0.0376. The van der Waals surface area contributed by atoms with Crippen molar-refractivity contribution in [1.29, 1.82) is 0 Å². The third-order valence-corrected chi connectivity index (χ3v) is 4.94. The van der Waals surface area contributed by atoms with Gasteiger partial charge in [-0.1, -0.05) is 0 Å². The number of methoxy groups -OCH3 is 1. The molecule has 1 saturated heterocycles. The largest absolute Gasteiger partial charge is 0.465 e. The number of thiocarbonyl (C=S) groups is 1. The van der Waals surface area contributed by atoms with Crippen molar-refractivity contribution in [3.05, 3.63) is 16.5 Å². The minimum atomic E-state index is -0.315. The molecular formula is C15H23N3O3S2. The number of aryl methyl sites for hydroxylation is 1. The van der Waals surface area contributed by atoms with Gasteiger partial charge < -0.3 is 20.1 Å². The van der Waals surface area contributed by atoms with Crippen molar-refractivity contribution in [1.82, 2.24) is 10.2 Å². The Labute approximate surface area is 146 Å². The van der Waals surface area contributed by atoms with E-state index in [1.807, 2.05) is 13.0 Å². The zero-order valence-electron chi connectivity index (χ0n) is 13.5. The van der Waals surface area contributed by atoms with Gasteiger partial charge in [0.05, 0.1) is 25.3 Å². The molecule has 128 valence electrons. The number of anilines is 1. The summed E-state index contributed by atoms with van der Waals surface area (Å²) in [4.78, 5) is 14.6. The maximum atomic E-state index is 11.6. The van der Waals surface area contributed by atoms with Gasteiger partial charge in [0.1, 0.15) is 4.88 Å². The van der Waals surface area contributed by atoms with Crippen LogP contribution >= 0.6 is 23.6 Å². The molecule has 0 atom stereocenters. The Kier molecular flexibility index (Phi) is 7.22. The van der Waals surface area contributed by atoms with Gasteiger partial charge >= 0.3 is 5.97 Å². The van der Waals surface area contributed by atoms with Gasteiger partial charge in [-0.15, -0.1) is 11.3 Å². The molecule has 0 radical (unpaired) electrons. The second-order valence-corrected chi connectivity index (χ2v) is 6.76. The van der Waals surface area contributed by atoms with Gasteiger partial charge in [-0.25, -0.2) is 4.79 Å². The van der Waals surface area contributed by atoms with Crippen molar-refractivity contribution in [3.8, 4) is 0 Å². The Hall–Kier alpha value is -1.22. The average molecular weight is 358 g/mol. The van der Waals surface area contributed by atoms with E-state index in [2.05, 4.69) is 15.5 Å². The minimum Gasteiger partial charge on any atom is -0.465 e. The monoisotopic (exact) mass is 357 g/mol. The van der Waals surface area contributed by atoms with E-state index in [-0.39, 0.29) is 5.97 Å². The molecule has 8 heteroatoms. The smallest absolute Gasteiger partial charge is 0.348 e.